The lowest BCUT2D eigenvalue weighted by molar-refractivity contribution is -0.0156. The number of halogens is 1. The molecule has 0 saturated carbocycles. The number of likely N-dealkylation sites (N-methyl/N-ethyl adjacent to an activating group) is 1. The fourth-order valence-electron chi connectivity index (χ4n) is 2.01. The van der Waals surface area contributed by atoms with E-state index in [2.05, 4.69) is 9.62 Å². The molecule has 20 heavy (non-hydrogen) atoms. The first-order valence-electron chi connectivity index (χ1n) is 6.23. The molecular formula is C12H18ClN3O3S. The standard InChI is InChI=1S/C12H18ClN3O3S/c1-16-4-5-19-10(8-16)7-15-20(17,18)12-6-9(13)2-3-11(12)14/h2-3,6,10,15H,4-5,7-8,14H2,1H3. The van der Waals surface area contributed by atoms with Gasteiger partial charge in [-0.25, -0.2) is 13.1 Å². The van der Waals surface area contributed by atoms with Crippen molar-refractivity contribution in [3.63, 3.8) is 0 Å². The minimum Gasteiger partial charge on any atom is -0.398 e. The van der Waals surface area contributed by atoms with Crippen LogP contribution in [0.5, 0.6) is 0 Å². The number of nitrogen functional groups attached to an aromatic ring is 1. The molecule has 1 fully saturated rings. The monoisotopic (exact) mass is 319 g/mol. The van der Waals surface area contributed by atoms with Crippen LogP contribution < -0.4 is 10.5 Å². The maximum atomic E-state index is 12.2. The maximum Gasteiger partial charge on any atom is 0.242 e. The zero-order valence-electron chi connectivity index (χ0n) is 11.2. The van der Waals surface area contributed by atoms with Crippen LogP contribution in [0.25, 0.3) is 0 Å². The first-order chi connectivity index (χ1) is 9.38. The van der Waals surface area contributed by atoms with Crippen LogP contribution in [0.2, 0.25) is 5.02 Å². The van der Waals surface area contributed by atoms with Crippen molar-refractivity contribution in [2.24, 2.45) is 0 Å². The minimum atomic E-state index is -3.69. The molecule has 1 atom stereocenters. The summed E-state index contributed by atoms with van der Waals surface area (Å²) in [6.07, 6.45) is -0.163. The lowest BCUT2D eigenvalue weighted by Crippen LogP contribution is -2.45. The second-order valence-electron chi connectivity index (χ2n) is 4.79. The second-order valence-corrected chi connectivity index (χ2v) is 6.96. The van der Waals surface area contributed by atoms with E-state index in [-0.39, 0.29) is 23.2 Å². The molecule has 6 nitrogen and oxygen atoms in total. The maximum absolute atomic E-state index is 12.2. The minimum absolute atomic E-state index is 0.00540. The van der Waals surface area contributed by atoms with Crippen molar-refractivity contribution in [3.8, 4) is 0 Å². The van der Waals surface area contributed by atoms with E-state index >= 15 is 0 Å². The summed E-state index contributed by atoms with van der Waals surface area (Å²) in [6.45, 7) is 2.35. The SMILES string of the molecule is CN1CCOC(CNS(=O)(=O)c2cc(Cl)ccc2N)C1. The predicted molar refractivity (Wildman–Crippen MR) is 78.3 cm³/mol. The van der Waals surface area contributed by atoms with Crippen LogP contribution >= 0.6 is 11.6 Å². The van der Waals surface area contributed by atoms with Gasteiger partial charge in [0, 0.05) is 24.7 Å². The summed E-state index contributed by atoms with van der Waals surface area (Å²) in [6, 6.07) is 4.37. The molecule has 1 heterocycles. The molecule has 1 unspecified atom stereocenters. The van der Waals surface area contributed by atoms with Crippen LogP contribution in [-0.4, -0.2) is 52.7 Å². The van der Waals surface area contributed by atoms with E-state index in [1.54, 1.807) is 6.07 Å². The highest BCUT2D eigenvalue weighted by Gasteiger charge is 2.22. The van der Waals surface area contributed by atoms with Gasteiger partial charge in [0.05, 0.1) is 18.4 Å². The molecule has 8 heteroatoms. The van der Waals surface area contributed by atoms with E-state index < -0.39 is 10.0 Å². The number of benzene rings is 1. The van der Waals surface area contributed by atoms with Crippen molar-refractivity contribution in [3.05, 3.63) is 23.2 Å². The van der Waals surface area contributed by atoms with Gasteiger partial charge >= 0.3 is 0 Å². The fraction of sp³-hybridized carbons (Fsp3) is 0.500. The van der Waals surface area contributed by atoms with E-state index in [9.17, 15) is 8.42 Å². The zero-order valence-corrected chi connectivity index (χ0v) is 12.7. The average Bonchev–Trinajstić information content (AvgIpc) is 2.39. The molecule has 2 rings (SSSR count). The summed E-state index contributed by atoms with van der Waals surface area (Å²) in [5.74, 6) is 0. The smallest absolute Gasteiger partial charge is 0.242 e. The molecule has 1 aliphatic heterocycles. The van der Waals surface area contributed by atoms with E-state index in [1.165, 1.54) is 12.1 Å². The van der Waals surface area contributed by atoms with Gasteiger partial charge in [-0.2, -0.15) is 0 Å². The van der Waals surface area contributed by atoms with Gasteiger partial charge in [0.25, 0.3) is 0 Å². The van der Waals surface area contributed by atoms with E-state index in [4.69, 9.17) is 22.1 Å². The van der Waals surface area contributed by atoms with E-state index in [1.807, 2.05) is 7.05 Å². The zero-order chi connectivity index (χ0) is 14.8. The number of nitrogens with two attached hydrogens (primary N) is 1. The summed E-state index contributed by atoms with van der Waals surface area (Å²) < 4.78 is 32.4. The third-order valence-corrected chi connectivity index (χ3v) is 4.82. The van der Waals surface area contributed by atoms with Crippen LogP contribution in [0, 0.1) is 0 Å². The number of hydrogen-bond acceptors (Lipinski definition) is 5. The molecule has 1 aromatic rings. The van der Waals surface area contributed by atoms with E-state index in [0.29, 0.717) is 18.2 Å². The number of sulfonamides is 1. The van der Waals surface area contributed by atoms with Crippen molar-refractivity contribution in [2.45, 2.75) is 11.0 Å². The molecule has 1 saturated heterocycles. The van der Waals surface area contributed by atoms with Crippen molar-refractivity contribution >= 4 is 27.3 Å². The Labute approximate surface area is 123 Å². The Morgan fingerprint density at radius 3 is 3.00 bits per heavy atom. The number of ether oxygens (including phenoxy) is 1. The normalized spacial score (nSPS) is 21.0. The number of rotatable bonds is 4. The molecule has 1 aromatic carbocycles. The Balaban J connectivity index is 2.05. The molecular weight excluding hydrogens is 302 g/mol. The summed E-state index contributed by atoms with van der Waals surface area (Å²) in [5.41, 5.74) is 5.86. The largest absolute Gasteiger partial charge is 0.398 e. The first-order valence-corrected chi connectivity index (χ1v) is 8.09. The summed E-state index contributed by atoms with van der Waals surface area (Å²) in [5, 5.41) is 0.327. The summed E-state index contributed by atoms with van der Waals surface area (Å²) >= 11 is 5.81. The van der Waals surface area contributed by atoms with Crippen LogP contribution in [0.15, 0.2) is 23.1 Å². The molecule has 0 aromatic heterocycles. The summed E-state index contributed by atoms with van der Waals surface area (Å²) in [4.78, 5) is 2.09. The predicted octanol–water partition coefficient (Wildman–Crippen LogP) is 0.531. The van der Waals surface area contributed by atoms with Crippen molar-refractivity contribution in [1.29, 1.82) is 0 Å². The third kappa shape index (κ3) is 3.83. The number of nitrogens with one attached hydrogen (secondary N) is 1. The quantitative estimate of drug-likeness (QED) is 0.791. The average molecular weight is 320 g/mol. The van der Waals surface area contributed by atoms with Crippen molar-refractivity contribution in [1.82, 2.24) is 9.62 Å². The van der Waals surface area contributed by atoms with Gasteiger partial charge in [-0.1, -0.05) is 11.6 Å². The third-order valence-electron chi connectivity index (χ3n) is 3.11. The first kappa shape index (κ1) is 15.5. The number of hydrogen-bond donors (Lipinski definition) is 2. The van der Waals surface area contributed by atoms with Crippen LogP contribution in [0.1, 0.15) is 0 Å². The van der Waals surface area contributed by atoms with Crippen LogP contribution in [-0.2, 0) is 14.8 Å². The van der Waals surface area contributed by atoms with Gasteiger partial charge in [0.2, 0.25) is 10.0 Å². The van der Waals surface area contributed by atoms with Gasteiger partial charge < -0.3 is 15.4 Å². The molecule has 1 aliphatic rings. The van der Waals surface area contributed by atoms with Crippen molar-refractivity contribution in [2.75, 3.05) is 39.0 Å². The molecule has 0 radical (unpaired) electrons. The topological polar surface area (TPSA) is 84.7 Å². The highest BCUT2D eigenvalue weighted by atomic mass is 35.5. The number of nitrogens with zero attached hydrogens (tertiary/aromatic N) is 1. The summed E-state index contributed by atoms with van der Waals surface area (Å²) in [7, 11) is -1.72. The van der Waals surface area contributed by atoms with E-state index in [0.717, 1.165) is 6.54 Å². The Kier molecular flexibility index (Phi) is 4.87. The Morgan fingerprint density at radius 2 is 2.30 bits per heavy atom. The molecule has 3 N–H and O–H groups in total. The molecule has 0 spiro atoms. The second kappa shape index (κ2) is 6.28. The lowest BCUT2D eigenvalue weighted by Gasteiger charge is -2.30. The molecule has 112 valence electrons. The Bertz CT molecular complexity index is 579. The van der Waals surface area contributed by atoms with Gasteiger partial charge in [-0.05, 0) is 25.2 Å². The van der Waals surface area contributed by atoms with Crippen LogP contribution in [0.3, 0.4) is 0 Å². The van der Waals surface area contributed by atoms with Gasteiger partial charge in [0.1, 0.15) is 4.90 Å². The highest BCUT2D eigenvalue weighted by Crippen LogP contribution is 2.22. The number of anilines is 1. The van der Waals surface area contributed by atoms with Crippen molar-refractivity contribution < 1.29 is 13.2 Å². The van der Waals surface area contributed by atoms with Crippen LogP contribution in [0.4, 0.5) is 5.69 Å². The molecule has 0 aliphatic carbocycles. The highest BCUT2D eigenvalue weighted by molar-refractivity contribution is 7.89. The van der Waals surface area contributed by atoms with Gasteiger partial charge in [-0.3, -0.25) is 0 Å². The van der Waals surface area contributed by atoms with Gasteiger partial charge in [-0.15, -0.1) is 0 Å². The molecule has 0 amide bonds. The molecule has 0 bridgehead atoms. The lowest BCUT2D eigenvalue weighted by atomic mass is 10.3. The Hall–Kier alpha value is -0.860. The Morgan fingerprint density at radius 1 is 1.55 bits per heavy atom. The van der Waals surface area contributed by atoms with Gasteiger partial charge in [0.15, 0.2) is 0 Å². The fourth-order valence-corrected chi connectivity index (χ4v) is 3.47. The number of morpholine rings is 1.